The number of benzene rings is 1. The summed E-state index contributed by atoms with van der Waals surface area (Å²) in [5, 5.41) is 0. The molecule has 0 amide bonds. The normalized spacial score (nSPS) is 39.6. The highest BCUT2D eigenvalue weighted by Gasteiger charge is 2.42. The predicted molar refractivity (Wildman–Crippen MR) is 69.4 cm³/mol. The summed E-state index contributed by atoms with van der Waals surface area (Å²) in [5.41, 5.74) is 14.1. The van der Waals surface area contributed by atoms with E-state index in [1.54, 1.807) is 0 Å². The van der Waals surface area contributed by atoms with Gasteiger partial charge in [0.05, 0.1) is 0 Å². The lowest BCUT2D eigenvalue weighted by Gasteiger charge is -2.37. The lowest BCUT2D eigenvalue weighted by molar-refractivity contribution is 0.246. The molecule has 0 radical (unpaired) electrons. The zero-order valence-electron chi connectivity index (χ0n) is 10.6. The van der Waals surface area contributed by atoms with E-state index in [9.17, 15) is 4.39 Å². The van der Waals surface area contributed by atoms with E-state index in [0.29, 0.717) is 23.9 Å². The Balaban J connectivity index is 1.78. The van der Waals surface area contributed by atoms with E-state index in [4.69, 9.17) is 5.73 Å². The highest BCUT2D eigenvalue weighted by Crippen LogP contribution is 2.38. The summed E-state index contributed by atoms with van der Waals surface area (Å²) in [7, 11) is 0. The summed E-state index contributed by atoms with van der Waals surface area (Å²) in [6.45, 7) is 2.18. The number of halogens is 1. The fourth-order valence-electron chi connectivity index (χ4n) is 3.56. The average molecular weight is 249 g/mol. The van der Waals surface area contributed by atoms with Gasteiger partial charge in [0.2, 0.25) is 0 Å². The van der Waals surface area contributed by atoms with Gasteiger partial charge >= 0.3 is 0 Å². The van der Waals surface area contributed by atoms with Crippen LogP contribution in [-0.4, -0.2) is 18.1 Å². The van der Waals surface area contributed by atoms with Crippen molar-refractivity contribution in [2.45, 2.75) is 43.8 Å². The quantitative estimate of drug-likeness (QED) is 0.707. The summed E-state index contributed by atoms with van der Waals surface area (Å²) in [5.74, 6) is 0.758. The molecule has 3 nitrogen and oxygen atoms in total. The molecular weight excluding hydrogens is 229 g/mol. The van der Waals surface area contributed by atoms with Gasteiger partial charge in [-0.15, -0.1) is 0 Å². The number of nitrogens with two attached hydrogens (primary N) is 1. The predicted octanol–water partition coefficient (Wildman–Crippen LogP) is 1.51. The molecule has 18 heavy (non-hydrogen) atoms. The topological polar surface area (TPSA) is 50.1 Å². The molecule has 1 heterocycles. The van der Waals surface area contributed by atoms with Gasteiger partial charge < -0.3 is 5.73 Å². The summed E-state index contributed by atoms with van der Waals surface area (Å²) in [6.07, 6.45) is 2.06. The minimum absolute atomic E-state index is 0.175. The standard InChI is InChI=1S/C14H20FN3/c1-8-14-12(16)6-10(7-13(14)18-17-8)9-2-4-11(15)5-3-9/h2-5,8,10,12-14,17-18H,6-7,16H2,1H3. The van der Waals surface area contributed by atoms with Crippen molar-refractivity contribution in [2.24, 2.45) is 11.7 Å². The van der Waals surface area contributed by atoms with E-state index >= 15 is 0 Å². The number of hydrazine groups is 1. The van der Waals surface area contributed by atoms with Gasteiger partial charge in [0, 0.05) is 24.0 Å². The molecule has 1 aromatic carbocycles. The van der Waals surface area contributed by atoms with Gasteiger partial charge in [0.1, 0.15) is 5.82 Å². The van der Waals surface area contributed by atoms with Crippen LogP contribution in [0.1, 0.15) is 31.2 Å². The molecule has 0 bridgehead atoms. The van der Waals surface area contributed by atoms with Crippen LogP contribution < -0.4 is 16.6 Å². The van der Waals surface area contributed by atoms with Gasteiger partial charge in [-0.2, -0.15) is 0 Å². The van der Waals surface area contributed by atoms with Crippen LogP contribution in [-0.2, 0) is 0 Å². The summed E-state index contributed by atoms with van der Waals surface area (Å²) in [6, 6.07) is 7.91. The third-order valence-corrected chi connectivity index (χ3v) is 4.47. The smallest absolute Gasteiger partial charge is 0.123 e. The minimum atomic E-state index is -0.175. The van der Waals surface area contributed by atoms with Crippen molar-refractivity contribution in [3.63, 3.8) is 0 Å². The van der Waals surface area contributed by atoms with Crippen LogP contribution in [0.15, 0.2) is 24.3 Å². The second-order valence-corrected chi connectivity index (χ2v) is 5.64. The highest BCUT2D eigenvalue weighted by atomic mass is 19.1. The lowest BCUT2D eigenvalue weighted by atomic mass is 9.71. The Hall–Kier alpha value is -0.970. The van der Waals surface area contributed by atoms with Crippen molar-refractivity contribution in [3.05, 3.63) is 35.6 Å². The molecule has 1 aliphatic carbocycles. The SMILES string of the molecule is CC1NNC2CC(c3ccc(F)cc3)CC(N)C12. The lowest BCUT2D eigenvalue weighted by Crippen LogP contribution is -2.47. The van der Waals surface area contributed by atoms with E-state index in [2.05, 4.69) is 17.8 Å². The first-order valence-corrected chi connectivity index (χ1v) is 6.67. The molecule has 5 unspecified atom stereocenters. The van der Waals surface area contributed by atoms with E-state index in [1.165, 1.54) is 17.7 Å². The number of fused-ring (bicyclic) bond motifs is 1. The maximum Gasteiger partial charge on any atom is 0.123 e. The van der Waals surface area contributed by atoms with E-state index in [1.807, 2.05) is 12.1 Å². The molecule has 3 rings (SSSR count). The van der Waals surface area contributed by atoms with Gasteiger partial charge in [-0.05, 0) is 43.4 Å². The second-order valence-electron chi connectivity index (χ2n) is 5.64. The van der Waals surface area contributed by atoms with Crippen LogP contribution >= 0.6 is 0 Å². The van der Waals surface area contributed by atoms with Gasteiger partial charge in [-0.25, -0.2) is 4.39 Å². The number of rotatable bonds is 1. The fourth-order valence-corrected chi connectivity index (χ4v) is 3.56. The summed E-state index contributed by atoms with van der Waals surface area (Å²) in [4.78, 5) is 0. The third-order valence-electron chi connectivity index (χ3n) is 4.47. The van der Waals surface area contributed by atoms with Crippen molar-refractivity contribution in [1.29, 1.82) is 0 Å². The Morgan fingerprint density at radius 2 is 1.89 bits per heavy atom. The van der Waals surface area contributed by atoms with Crippen LogP contribution in [0, 0.1) is 11.7 Å². The number of hydrogen-bond donors (Lipinski definition) is 3. The molecule has 1 saturated heterocycles. The van der Waals surface area contributed by atoms with Crippen LogP contribution in [0.3, 0.4) is 0 Å². The maximum absolute atomic E-state index is 12.9. The van der Waals surface area contributed by atoms with Crippen molar-refractivity contribution in [2.75, 3.05) is 0 Å². The number of hydrogen-bond acceptors (Lipinski definition) is 3. The first-order chi connectivity index (χ1) is 8.65. The summed E-state index contributed by atoms with van der Waals surface area (Å²) < 4.78 is 12.9. The van der Waals surface area contributed by atoms with Crippen LogP contribution in [0.4, 0.5) is 4.39 Å². The Kier molecular flexibility index (Phi) is 3.09. The van der Waals surface area contributed by atoms with Crippen molar-refractivity contribution in [3.8, 4) is 0 Å². The maximum atomic E-state index is 12.9. The molecule has 2 aliphatic rings. The second kappa shape index (κ2) is 4.61. The van der Waals surface area contributed by atoms with Crippen molar-refractivity contribution in [1.82, 2.24) is 10.9 Å². The molecule has 1 aliphatic heterocycles. The molecule has 0 spiro atoms. The Bertz CT molecular complexity index is 420. The monoisotopic (exact) mass is 249 g/mol. The third kappa shape index (κ3) is 2.05. The Morgan fingerprint density at radius 3 is 2.61 bits per heavy atom. The van der Waals surface area contributed by atoms with Crippen molar-refractivity contribution < 1.29 is 4.39 Å². The average Bonchev–Trinajstić information content (AvgIpc) is 2.72. The molecular formula is C14H20FN3. The molecule has 4 heteroatoms. The van der Waals surface area contributed by atoms with E-state index in [0.717, 1.165) is 12.8 Å². The first kappa shape index (κ1) is 12.1. The van der Waals surface area contributed by atoms with Gasteiger partial charge in [-0.1, -0.05) is 12.1 Å². The van der Waals surface area contributed by atoms with Crippen molar-refractivity contribution >= 4 is 0 Å². The van der Waals surface area contributed by atoms with Gasteiger partial charge in [-0.3, -0.25) is 10.9 Å². The zero-order valence-corrected chi connectivity index (χ0v) is 10.6. The molecule has 1 aromatic rings. The minimum Gasteiger partial charge on any atom is -0.327 e. The fraction of sp³-hybridized carbons (Fsp3) is 0.571. The first-order valence-electron chi connectivity index (χ1n) is 6.67. The van der Waals surface area contributed by atoms with Crippen LogP contribution in [0.2, 0.25) is 0 Å². The Morgan fingerprint density at radius 1 is 1.17 bits per heavy atom. The van der Waals surface area contributed by atoms with E-state index < -0.39 is 0 Å². The van der Waals surface area contributed by atoms with Crippen LogP contribution in [0.5, 0.6) is 0 Å². The molecule has 98 valence electrons. The number of nitrogens with one attached hydrogen (secondary N) is 2. The molecule has 2 fully saturated rings. The molecule has 1 saturated carbocycles. The molecule has 4 N–H and O–H groups in total. The van der Waals surface area contributed by atoms with Gasteiger partial charge in [0.15, 0.2) is 0 Å². The van der Waals surface area contributed by atoms with E-state index in [-0.39, 0.29) is 11.9 Å². The van der Waals surface area contributed by atoms with Crippen LogP contribution in [0.25, 0.3) is 0 Å². The zero-order chi connectivity index (χ0) is 12.7. The Labute approximate surface area is 107 Å². The largest absolute Gasteiger partial charge is 0.327 e. The van der Waals surface area contributed by atoms with Gasteiger partial charge in [0.25, 0.3) is 0 Å². The summed E-state index contributed by atoms with van der Waals surface area (Å²) >= 11 is 0. The highest BCUT2D eigenvalue weighted by molar-refractivity contribution is 5.23. The molecule has 5 atom stereocenters. The molecule has 0 aromatic heterocycles.